The maximum Gasteiger partial charge on any atom is 0.286 e. The second-order valence-corrected chi connectivity index (χ2v) is 7.74. The van der Waals surface area contributed by atoms with Crippen molar-refractivity contribution < 1.29 is 18.7 Å². The molecule has 4 rings (SSSR count). The van der Waals surface area contributed by atoms with Crippen LogP contribution in [0.25, 0.3) is 17.4 Å². The molecule has 2 aromatic rings. The van der Waals surface area contributed by atoms with Crippen molar-refractivity contribution in [3.05, 3.63) is 47.1 Å². The van der Waals surface area contributed by atoms with Gasteiger partial charge in [-0.05, 0) is 48.2 Å². The van der Waals surface area contributed by atoms with Gasteiger partial charge in [-0.15, -0.1) is 0 Å². The van der Waals surface area contributed by atoms with Crippen LogP contribution in [-0.4, -0.2) is 60.1 Å². The number of hydrogen-bond acceptors (Lipinski definition) is 6. The smallest absolute Gasteiger partial charge is 0.286 e. The van der Waals surface area contributed by atoms with Gasteiger partial charge in [-0.1, -0.05) is 0 Å². The van der Waals surface area contributed by atoms with Gasteiger partial charge in [-0.2, -0.15) is 4.99 Å². The highest BCUT2D eigenvalue weighted by Crippen LogP contribution is 2.32. The molecule has 7 nitrogen and oxygen atoms in total. The van der Waals surface area contributed by atoms with E-state index in [0.717, 1.165) is 17.1 Å². The molecule has 29 heavy (non-hydrogen) atoms. The Labute approximate surface area is 173 Å². The molecule has 0 spiro atoms. The highest BCUT2D eigenvalue weighted by molar-refractivity contribution is 8.18. The molecule has 2 amide bonds. The Morgan fingerprint density at radius 1 is 1.14 bits per heavy atom. The molecule has 8 heteroatoms. The van der Waals surface area contributed by atoms with E-state index in [4.69, 9.17) is 9.15 Å². The molecule has 2 aliphatic rings. The third-order valence-corrected chi connectivity index (χ3v) is 5.92. The van der Waals surface area contributed by atoms with Crippen LogP contribution in [0.5, 0.6) is 5.75 Å². The van der Waals surface area contributed by atoms with Crippen LogP contribution >= 0.6 is 11.8 Å². The lowest BCUT2D eigenvalue weighted by molar-refractivity contribution is -0.130. The molecule has 0 unspecified atom stereocenters. The van der Waals surface area contributed by atoms with Crippen molar-refractivity contribution >= 4 is 34.8 Å². The van der Waals surface area contributed by atoms with E-state index in [1.165, 1.54) is 11.8 Å². The fraction of sp³-hybridized carbons (Fsp3) is 0.286. The minimum absolute atomic E-state index is 0.0767. The predicted octanol–water partition coefficient (Wildman–Crippen LogP) is 3.09. The summed E-state index contributed by atoms with van der Waals surface area (Å²) in [4.78, 5) is 32.4. The van der Waals surface area contributed by atoms with E-state index in [0.29, 0.717) is 42.0 Å². The molecule has 1 saturated heterocycles. The van der Waals surface area contributed by atoms with Crippen molar-refractivity contribution in [2.45, 2.75) is 6.92 Å². The molecular formula is C21H21N3O4S. The van der Waals surface area contributed by atoms with Gasteiger partial charge >= 0.3 is 0 Å². The van der Waals surface area contributed by atoms with Crippen molar-refractivity contribution in [1.29, 1.82) is 0 Å². The summed E-state index contributed by atoms with van der Waals surface area (Å²) in [7, 11) is 1.63. The van der Waals surface area contributed by atoms with Gasteiger partial charge in [0, 0.05) is 44.7 Å². The van der Waals surface area contributed by atoms with Gasteiger partial charge in [0.2, 0.25) is 5.91 Å². The maximum absolute atomic E-state index is 12.3. The summed E-state index contributed by atoms with van der Waals surface area (Å²) >= 11 is 1.35. The first-order valence-corrected chi connectivity index (χ1v) is 10.1. The molecule has 0 radical (unpaired) electrons. The van der Waals surface area contributed by atoms with E-state index in [1.54, 1.807) is 25.0 Å². The first-order valence-electron chi connectivity index (χ1n) is 9.31. The Morgan fingerprint density at radius 2 is 1.86 bits per heavy atom. The number of furan rings is 1. The molecule has 0 atom stereocenters. The molecule has 0 N–H and O–H groups in total. The quantitative estimate of drug-likeness (QED) is 0.723. The monoisotopic (exact) mass is 411 g/mol. The topological polar surface area (TPSA) is 75.3 Å². The molecule has 1 fully saturated rings. The number of piperazine rings is 1. The lowest BCUT2D eigenvalue weighted by Crippen LogP contribution is -2.49. The Balaban J connectivity index is 1.43. The molecule has 0 aliphatic carbocycles. The number of amides is 2. The Kier molecular flexibility index (Phi) is 5.44. The Morgan fingerprint density at radius 3 is 2.52 bits per heavy atom. The lowest BCUT2D eigenvalue weighted by atomic mass is 10.2. The highest BCUT2D eigenvalue weighted by Gasteiger charge is 2.29. The van der Waals surface area contributed by atoms with Crippen LogP contribution < -0.4 is 4.74 Å². The van der Waals surface area contributed by atoms with Gasteiger partial charge in [-0.3, -0.25) is 9.59 Å². The minimum Gasteiger partial charge on any atom is -0.497 e. The van der Waals surface area contributed by atoms with E-state index in [-0.39, 0.29) is 11.8 Å². The third-order valence-electron chi connectivity index (χ3n) is 4.88. The fourth-order valence-electron chi connectivity index (χ4n) is 3.22. The summed E-state index contributed by atoms with van der Waals surface area (Å²) in [6.45, 7) is 4.21. The van der Waals surface area contributed by atoms with E-state index < -0.39 is 0 Å². The fourth-order valence-corrected chi connectivity index (χ4v) is 4.16. The number of benzene rings is 1. The molecule has 3 heterocycles. The van der Waals surface area contributed by atoms with Gasteiger partial charge in [-0.25, -0.2) is 0 Å². The van der Waals surface area contributed by atoms with Crippen molar-refractivity contribution in [2.75, 3.05) is 33.3 Å². The predicted molar refractivity (Wildman–Crippen MR) is 113 cm³/mol. The zero-order valence-corrected chi connectivity index (χ0v) is 17.1. The average molecular weight is 411 g/mol. The van der Waals surface area contributed by atoms with Crippen molar-refractivity contribution in [3.63, 3.8) is 0 Å². The molecule has 1 aromatic heterocycles. The molecular weight excluding hydrogens is 390 g/mol. The highest BCUT2D eigenvalue weighted by atomic mass is 32.2. The number of amidine groups is 1. The average Bonchev–Trinajstić information content (AvgIpc) is 3.35. The first kappa shape index (κ1) is 19.3. The van der Waals surface area contributed by atoms with Crippen molar-refractivity contribution in [2.24, 2.45) is 4.99 Å². The third kappa shape index (κ3) is 4.22. The maximum atomic E-state index is 12.3. The number of aliphatic imine (C=N–C) groups is 1. The van der Waals surface area contributed by atoms with Crippen LogP contribution in [0, 0.1) is 0 Å². The minimum atomic E-state index is -0.263. The second kappa shape index (κ2) is 8.16. The number of rotatable bonds is 3. The number of nitrogens with zero attached hydrogens (tertiary/aromatic N) is 3. The summed E-state index contributed by atoms with van der Waals surface area (Å²) in [6, 6.07) is 11.3. The van der Waals surface area contributed by atoms with E-state index in [1.807, 2.05) is 41.3 Å². The van der Waals surface area contributed by atoms with Gasteiger partial charge < -0.3 is 19.0 Å². The number of ether oxygens (including phenoxy) is 1. The lowest BCUT2D eigenvalue weighted by Gasteiger charge is -2.34. The molecule has 0 bridgehead atoms. The Bertz CT molecular complexity index is 986. The number of thioether (sulfide) groups is 1. The zero-order valence-electron chi connectivity index (χ0n) is 16.3. The van der Waals surface area contributed by atoms with Gasteiger partial charge in [0.1, 0.15) is 17.3 Å². The van der Waals surface area contributed by atoms with Crippen molar-refractivity contribution in [1.82, 2.24) is 9.80 Å². The summed E-state index contributed by atoms with van der Waals surface area (Å²) < 4.78 is 11.1. The van der Waals surface area contributed by atoms with E-state index in [2.05, 4.69) is 4.99 Å². The number of carbonyl (C=O) groups excluding carboxylic acids is 2. The van der Waals surface area contributed by atoms with Crippen LogP contribution in [-0.2, 0) is 9.59 Å². The molecule has 150 valence electrons. The first-order chi connectivity index (χ1) is 14.0. The molecule has 1 aromatic carbocycles. The normalized spacial score (nSPS) is 18.3. The molecule has 2 aliphatic heterocycles. The summed E-state index contributed by atoms with van der Waals surface area (Å²) in [5.74, 6) is 1.92. The summed E-state index contributed by atoms with van der Waals surface area (Å²) in [6.07, 6.45) is 1.72. The standard InChI is InChI=1S/C21H21N3O4S/c1-14(25)23-9-11-24(12-10-23)21-22-20(26)19(29-21)13-17-7-8-18(28-17)15-3-5-16(27-2)6-4-15/h3-8,13H,9-12H2,1-2H3/b19-13+. The zero-order chi connectivity index (χ0) is 20.4. The van der Waals surface area contributed by atoms with Crippen LogP contribution in [0.15, 0.2) is 50.7 Å². The second-order valence-electron chi connectivity index (χ2n) is 6.73. The SMILES string of the molecule is COc1ccc(-c2ccc(/C=C3/SC(N4CCN(C(C)=O)CC4)=NC3=O)o2)cc1. The number of carbonyl (C=O) groups is 2. The van der Waals surface area contributed by atoms with Gasteiger partial charge in [0.05, 0.1) is 12.0 Å². The largest absolute Gasteiger partial charge is 0.497 e. The van der Waals surface area contributed by atoms with E-state index in [9.17, 15) is 9.59 Å². The molecule has 0 saturated carbocycles. The Hall–Kier alpha value is -3.00. The number of methoxy groups -OCH3 is 1. The van der Waals surface area contributed by atoms with Crippen LogP contribution in [0.3, 0.4) is 0 Å². The van der Waals surface area contributed by atoms with Crippen LogP contribution in [0.1, 0.15) is 12.7 Å². The van der Waals surface area contributed by atoms with Crippen molar-refractivity contribution in [3.8, 4) is 17.1 Å². The summed E-state index contributed by atoms with van der Waals surface area (Å²) in [5, 5.41) is 0.686. The van der Waals surface area contributed by atoms with Gasteiger partial charge in [0.25, 0.3) is 5.91 Å². The number of hydrogen-bond donors (Lipinski definition) is 0. The van der Waals surface area contributed by atoms with Crippen LogP contribution in [0.4, 0.5) is 0 Å². The van der Waals surface area contributed by atoms with Crippen LogP contribution in [0.2, 0.25) is 0 Å². The van der Waals surface area contributed by atoms with E-state index >= 15 is 0 Å². The van der Waals surface area contributed by atoms with Gasteiger partial charge in [0.15, 0.2) is 5.17 Å². The summed E-state index contributed by atoms with van der Waals surface area (Å²) in [5.41, 5.74) is 0.932.